The molecule has 0 saturated carbocycles. The number of aromatic nitrogens is 1. The van der Waals surface area contributed by atoms with Gasteiger partial charge in [0.1, 0.15) is 11.5 Å². The van der Waals surface area contributed by atoms with Crippen molar-refractivity contribution >= 4 is 22.8 Å². The molecule has 0 aliphatic carbocycles. The van der Waals surface area contributed by atoms with E-state index in [1.807, 2.05) is 0 Å². The van der Waals surface area contributed by atoms with Crippen molar-refractivity contribution in [2.45, 2.75) is 12.7 Å². The summed E-state index contributed by atoms with van der Waals surface area (Å²) in [4.78, 5) is 24.3. The van der Waals surface area contributed by atoms with Crippen LogP contribution >= 0.6 is 0 Å². The quantitative estimate of drug-likeness (QED) is 0.760. The number of nitrogens with one attached hydrogen (secondary N) is 2. The number of alkyl halides is 3. The average Bonchev–Trinajstić information content (AvgIpc) is 2.72. The molecule has 1 aromatic carbocycles. The third-order valence-electron chi connectivity index (χ3n) is 2.77. The van der Waals surface area contributed by atoms with Crippen molar-refractivity contribution in [1.29, 1.82) is 0 Å². The molecule has 0 saturated heterocycles. The number of fused-ring (bicyclic) bond motifs is 1. The van der Waals surface area contributed by atoms with E-state index in [1.165, 1.54) is 6.07 Å². The van der Waals surface area contributed by atoms with Gasteiger partial charge in [0.2, 0.25) is 0 Å². The fourth-order valence-corrected chi connectivity index (χ4v) is 1.85. The lowest BCUT2D eigenvalue weighted by molar-refractivity contribution is -0.173. The van der Waals surface area contributed by atoms with Crippen LogP contribution in [-0.4, -0.2) is 28.1 Å². The van der Waals surface area contributed by atoms with Crippen LogP contribution in [0, 0.1) is 5.82 Å². The zero-order chi connectivity index (χ0) is 15.8. The van der Waals surface area contributed by atoms with Crippen molar-refractivity contribution in [3.63, 3.8) is 0 Å². The number of hydrogen-bond acceptors (Lipinski definition) is 2. The lowest BCUT2D eigenvalue weighted by Crippen LogP contribution is -2.36. The Morgan fingerprint density at radius 2 is 1.95 bits per heavy atom. The van der Waals surface area contributed by atoms with Crippen molar-refractivity contribution in [3.05, 3.63) is 35.3 Å². The molecule has 2 aromatic rings. The maximum Gasteiger partial charge on any atom is 0.471 e. The largest absolute Gasteiger partial charge is 0.477 e. The van der Waals surface area contributed by atoms with Crippen LogP contribution in [0.15, 0.2) is 18.2 Å². The third kappa shape index (κ3) is 2.96. The van der Waals surface area contributed by atoms with Gasteiger partial charge in [-0.2, -0.15) is 13.2 Å². The number of halogens is 4. The van der Waals surface area contributed by atoms with Crippen LogP contribution in [0.4, 0.5) is 17.6 Å². The normalized spacial score (nSPS) is 11.6. The summed E-state index contributed by atoms with van der Waals surface area (Å²) in [7, 11) is 0. The molecule has 112 valence electrons. The topological polar surface area (TPSA) is 82.2 Å². The molecular formula is C12H8F4N2O3. The van der Waals surface area contributed by atoms with Gasteiger partial charge in [-0.1, -0.05) is 0 Å². The second kappa shape index (κ2) is 5.08. The number of H-pyrrole nitrogens is 1. The smallest absolute Gasteiger partial charge is 0.471 e. The van der Waals surface area contributed by atoms with Gasteiger partial charge < -0.3 is 15.4 Å². The van der Waals surface area contributed by atoms with E-state index in [4.69, 9.17) is 5.11 Å². The highest BCUT2D eigenvalue weighted by atomic mass is 19.4. The highest BCUT2D eigenvalue weighted by Gasteiger charge is 2.38. The number of carbonyl (C=O) groups excluding carboxylic acids is 1. The van der Waals surface area contributed by atoms with Crippen molar-refractivity contribution in [1.82, 2.24) is 10.3 Å². The number of amides is 1. The Hall–Kier alpha value is -2.58. The first-order valence-corrected chi connectivity index (χ1v) is 5.58. The number of carboxylic acids is 1. The summed E-state index contributed by atoms with van der Waals surface area (Å²) in [6.45, 7) is -0.691. The molecule has 9 heteroatoms. The van der Waals surface area contributed by atoms with Gasteiger partial charge in [0, 0.05) is 23.0 Å². The van der Waals surface area contributed by atoms with Gasteiger partial charge >= 0.3 is 18.1 Å². The molecule has 0 unspecified atom stereocenters. The van der Waals surface area contributed by atoms with E-state index in [-0.39, 0.29) is 16.5 Å². The molecular weight excluding hydrogens is 296 g/mol. The number of benzene rings is 1. The molecule has 0 fully saturated rings. The predicted molar refractivity (Wildman–Crippen MR) is 63.1 cm³/mol. The fraction of sp³-hybridized carbons (Fsp3) is 0.167. The van der Waals surface area contributed by atoms with E-state index < -0.39 is 36.1 Å². The molecule has 1 aromatic heterocycles. The third-order valence-corrected chi connectivity index (χ3v) is 2.77. The average molecular weight is 304 g/mol. The maximum absolute atomic E-state index is 13.2. The minimum Gasteiger partial charge on any atom is -0.477 e. The zero-order valence-corrected chi connectivity index (χ0v) is 10.2. The zero-order valence-electron chi connectivity index (χ0n) is 10.2. The van der Waals surface area contributed by atoms with E-state index in [1.54, 1.807) is 5.32 Å². The molecule has 0 radical (unpaired) electrons. The maximum atomic E-state index is 13.2. The Kier molecular flexibility index (Phi) is 3.58. The van der Waals surface area contributed by atoms with Gasteiger partial charge in [0.15, 0.2) is 0 Å². The first-order valence-electron chi connectivity index (χ1n) is 5.58. The van der Waals surface area contributed by atoms with Crippen LogP contribution in [0.3, 0.4) is 0 Å². The fourth-order valence-electron chi connectivity index (χ4n) is 1.85. The Morgan fingerprint density at radius 1 is 1.29 bits per heavy atom. The summed E-state index contributed by atoms with van der Waals surface area (Å²) in [5, 5.41) is 10.7. The summed E-state index contributed by atoms with van der Waals surface area (Å²) in [5.41, 5.74) is -0.294. The molecule has 2 rings (SSSR count). The van der Waals surface area contributed by atoms with Crippen molar-refractivity contribution < 1.29 is 32.3 Å². The molecule has 21 heavy (non-hydrogen) atoms. The molecule has 3 N–H and O–H groups in total. The highest BCUT2D eigenvalue weighted by Crippen LogP contribution is 2.24. The number of rotatable bonds is 3. The molecule has 0 atom stereocenters. The minimum atomic E-state index is -5.08. The summed E-state index contributed by atoms with van der Waals surface area (Å²) in [5.74, 6) is -4.31. The highest BCUT2D eigenvalue weighted by molar-refractivity contribution is 5.97. The van der Waals surface area contributed by atoms with Crippen molar-refractivity contribution in [2.75, 3.05) is 0 Å². The summed E-state index contributed by atoms with van der Waals surface area (Å²) in [6.07, 6.45) is -5.08. The SMILES string of the molecule is O=C(O)c1[nH]c2ccc(F)cc2c1CNC(=O)C(F)(F)F. The van der Waals surface area contributed by atoms with Crippen molar-refractivity contribution in [2.24, 2.45) is 0 Å². The lowest BCUT2D eigenvalue weighted by atomic mass is 10.1. The number of hydrogen-bond donors (Lipinski definition) is 3. The number of carbonyl (C=O) groups is 2. The lowest BCUT2D eigenvalue weighted by Gasteiger charge is -2.08. The molecule has 5 nitrogen and oxygen atoms in total. The monoisotopic (exact) mass is 304 g/mol. The van der Waals surface area contributed by atoms with Crippen LogP contribution in [0.2, 0.25) is 0 Å². The Bertz CT molecular complexity index is 721. The van der Waals surface area contributed by atoms with Gasteiger partial charge in [-0.3, -0.25) is 4.79 Å². The van der Waals surface area contributed by atoms with Crippen LogP contribution in [0.5, 0.6) is 0 Å². The summed E-state index contributed by atoms with van der Waals surface area (Å²) in [6, 6.07) is 3.31. The Labute approximate surface area is 114 Å². The molecule has 0 aliphatic heterocycles. The first-order chi connectivity index (χ1) is 9.70. The van der Waals surface area contributed by atoms with Gasteiger partial charge in [-0.15, -0.1) is 0 Å². The van der Waals surface area contributed by atoms with E-state index in [9.17, 15) is 27.2 Å². The van der Waals surface area contributed by atoms with Crippen molar-refractivity contribution in [3.8, 4) is 0 Å². The van der Waals surface area contributed by atoms with E-state index >= 15 is 0 Å². The van der Waals surface area contributed by atoms with Crippen LogP contribution in [0.1, 0.15) is 16.1 Å². The predicted octanol–water partition coefficient (Wildman–Crippen LogP) is 2.18. The van der Waals surface area contributed by atoms with E-state index in [0.717, 1.165) is 12.1 Å². The van der Waals surface area contributed by atoms with Gasteiger partial charge in [-0.25, -0.2) is 9.18 Å². The molecule has 0 aliphatic rings. The van der Waals surface area contributed by atoms with E-state index in [2.05, 4.69) is 4.98 Å². The molecule has 1 amide bonds. The van der Waals surface area contributed by atoms with E-state index in [0.29, 0.717) is 0 Å². The summed E-state index contributed by atoms with van der Waals surface area (Å²) >= 11 is 0. The number of carboxylic acid groups (broad SMARTS) is 1. The number of aromatic carboxylic acids is 1. The van der Waals surface area contributed by atoms with Crippen LogP contribution in [-0.2, 0) is 11.3 Å². The molecule has 0 bridgehead atoms. The second-order valence-electron chi connectivity index (χ2n) is 4.15. The number of aromatic amines is 1. The Morgan fingerprint density at radius 3 is 2.52 bits per heavy atom. The molecule has 0 spiro atoms. The Balaban J connectivity index is 2.41. The molecule has 1 heterocycles. The first kappa shape index (κ1) is 14.8. The minimum absolute atomic E-state index is 0.0925. The summed E-state index contributed by atoms with van der Waals surface area (Å²) < 4.78 is 49.5. The standard InChI is InChI=1S/C12H8F4N2O3/c13-5-1-2-8-6(3-5)7(9(18-8)10(19)20)4-17-11(21)12(14,15)16/h1-3,18H,4H2,(H,17,21)(H,19,20). The van der Waals surface area contributed by atoms with Crippen LogP contribution < -0.4 is 5.32 Å². The van der Waals surface area contributed by atoms with Crippen LogP contribution in [0.25, 0.3) is 10.9 Å². The van der Waals surface area contributed by atoms with Gasteiger partial charge in [0.05, 0.1) is 0 Å². The van der Waals surface area contributed by atoms with Gasteiger partial charge in [-0.05, 0) is 18.2 Å². The van der Waals surface area contributed by atoms with Gasteiger partial charge in [0.25, 0.3) is 0 Å². The second-order valence-corrected chi connectivity index (χ2v) is 4.15.